The van der Waals surface area contributed by atoms with Gasteiger partial charge >= 0.3 is 0 Å². The van der Waals surface area contributed by atoms with Gasteiger partial charge in [-0.1, -0.05) is 322 Å². The van der Waals surface area contributed by atoms with Crippen LogP contribution in [0.15, 0.2) is 474 Å². The highest BCUT2D eigenvalue weighted by Crippen LogP contribution is 2.45. The van der Waals surface area contributed by atoms with E-state index in [2.05, 4.69) is 477 Å². The predicted octanol–water partition coefficient (Wildman–Crippen LogP) is 30.7. The van der Waals surface area contributed by atoms with Gasteiger partial charge in [-0.15, -0.1) is 0 Å². The van der Waals surface area contributed by atoms with E-state index in [1.54, 1.807) is 0 Å². The number of fused-ring (bicyclic) bond motifs is 20. The fourth-order valence-electron chi connectivity index (χ4n) is 20.5. The Morgan fingerprint density at radius 2 is 0.448 bits per heavy atom. The van der Waals surface area contributed by atoms with E-state index in [1.807, 2.05) is 24.3 Å². The summed E-state index contributed by atoms with van der Waals surface area (Å²) < 4.78 is 13.4. The Bertz CT molecular complexity index is 9510. The molecule has 12 nitrogen and oxygen atoms in total. The Morgan fingerprint density at radius 1 is 0.157 bits per heavy atom. The van der Waals surface area contributed by atoms with Gasteiger partial charge in [-0.2, -0.15) is 0 Å². The monoisotopic (exact) mass is 1710 g/mol. The molecular weight excluding hydrogens is 1630 g/mol. The standard InChI is InChI=1S/C44H28N4.C40H26N4.C38H24N4/c1-2-13-32(14-3-1)47-28-27-37-39(47)25-26-41-42(37)36-17-7-9-20-40(36)48(41)44-45-38-19-8-6-16-35(38)43(46-44)31-23-21-30(22-24-31)34-18-10-12-29-11-4-5-15-33(29)34;1-3-12-27(13-4-1)28-14-11-15-29(26-28)39-31-18-7-9-20-34(31)41-40(42-39)44-36-21-10-8-19-32(36)38-33-24-25-43(30-16-5-2-6-17-30)35(33)22-23-37(38)44;1-2-13-26(14-3-1)41-24-23-31-33(41)21-22-35-36(31)30-17-7-9-20-34(30)42(35)38-39-32-19-8-6-16-29(32)37(40-38)28-18-10-12-25-11-4-5-15-27(25)28/h1-28H;1-26H;1-24H. The van der Waals surface area contributed by atoms with Crippen LogP contribution in [0.1, 0.15) is 0 Å². The number of benzene rings is 19. The smallest absolute Gasteiger partial charge is 0.235 e. The number of hydrogen-bond acceptors (Lipinski definition) is 6. The van der Waals surface area contributed by atoms with Crippen LogP contribution in [0, 0.1) is 0 Å². The van der Waals surface area contributed by atoms with Gasteiger partial charge in [0.15, 0.2) is 0 Å². The summed E-state index contributed by atoms with van der Waals surface area (Å²) in [4.78, 5) is 31.5. The van der Waals surface area contributed by atoms with E-state index in [9.17, 15) is 0 Å². The fraction of sp³-hybridized carbons (Fsp3) is 0. The van der Waals surface area contributed by atoms with Crippen LogP contribution in [0.2, 0.25) is 0 Å². The molecule has 0 radical (unpaired) electrons. The third-order valence-corrected chi connectivity index (χ3v) is 26.5. The number of hydrogen-bond donors (Lipinski definition) is 0. The summed E-state index contributed by atoms with van der Waals surface area (Å²) in [6.45, 7) is 0. The molecule has 626 valence electrons. The molecule has 0 aliphatic carbocycles. The van der Waals surface area contributed by atoms with Crippen molar-refractivity contribution in [2.75, 3.05) is 0 Å². The van der Waals surface area contributed by atoms with E-state index in [0.29, 0.717) is 17.8 Å². The Kier molecular flexibility index (Phi) is 18.3. The van der Waals surface area contributed by atoms with E-state index in [0.717, 1.165) is 122 Å². The zero-order valence-electron chi connectivity index (χ0n) is 72.4. The van der Waals surface area contributed by atoms with Crippen molar-refractivity contribution < 1.29 is 0 Å². The summed E-state index contributed by atoms with van der Waals surface area (Å²) in [6, 6.07) is 160. The van der Waals surface area contributed by atoms with E-state index >= 15 is 0 Å². The van der Waals surface area contributed by atoms with Crippen molar-refractivity contribution in [2.24, 2.45) is 0 Å². The second-order valence-electron chi connectivity index (χ2n) is 34.0. The van der Waals surface area contributed by atoms with Crippen LogP contribution in [0.4, 0.5) is 0 Å². The molecule has 0 amide bonds. The van der Waals surface area contributed by atoms with Crippen molar-refractivity contribution in [2.45, 2.75) is 0 Å². The lowest BCUT2D eigenvalue weighted by atomic mass is 9.96. The van der Waals surface area contributed by atoms with Gasteiger partial charge in [0.2, 0.25) is 17.8 Å². The van der Waals surface area contributed by atoms with Crippen LogP contribution in [-0.2, 0) is 0 Å². The summed E-state index contributed by atoms with van der Waals surface area (Å²) in [5.41, 5.74) is 27.0. The Hall–Kier alpha value is -18.3. The normalized spacial score (nSPS) is 11.7. The van der Waals surface area contributed by atoms with Crippen LogP contribution in [0.3, 0.4) is 0 Å². The number of para-hydroxylation sites is 9. The molecule has 28 rings (SSSR count). The highest BCUT2D eigenvalue weighted by atomic mass is 15.2. The maximum Gasteiger partial charge on any atom is 0.235 e. The lowest BCUT2D eigenvalue weighted by Gasteiger charge is -2.13. The summed E-state index contributed by atoms with van der Waals surface area (Å²) in [5, 5.41) is 18.8. The van der Waals surface area contributed by atoms with Gasteiger partial charge in [-0.25, -0.2) is 29.9 Å². The molecule has 0 unspecified atom stereocenters. The number of aromatic nitrogens is 12. The molecule has 9 heterocycles. The minimum atomic E-state index is 0.662. The van der Waals surface area contributed by atoms with Crippen LogP contribution in [0.25, 0.3) is 243 Å². The van der Waals surface area contributed by atoms with Gasteiger partial charge in [0.1, 0.15) is 0 Å². The average Bonchev–Trinajstić information content (AvgIpc) is 1.57. The molecule has 0 spiro atoms. The van der Waals surface area contributed by atoms with Crippen molar-refractivity contribution >= 4 is 152 Å². The summed E-state index contributed by atoms with van der Waals surface area (Å²) in [5.74, 6) is 2.00. The van der Waals surface area contributed by atoms with Crippen LogP contribution >= 0.6 is 0 Å². The van der Waals surface area contributed by atoms with Crippen LogP contribution in [0.5, 0.6) is 0 Å². The van der Waals surface area contributed by atoms with Crippen molar-refractivity contribution in [1.82, 2.24) is 57.3 Å². The molecule has 0 atom stereocenters. The molecule has 28 aromatic rings. The maximum absolute atomic E-state index is 5.35. The summed E-state index contributed by atoms with van der Waals surface area (Å²) >= 11 is 0. The molecule has 0 saturated carbocycles. The Morgan fingerprint density at radius 3 is 0.881 bits per heavy atom. The van der Waals surface area contributed by atoms with Crippen LogP contribution in [-0.4, -0.2) is 57.3 Å². The molecular formula is C122H78N12. The number of rotatable bonds is 11. The molecule has 12 heteroatoms. The van der Waals surface area contributed by atoms with Crippen molar-refractivity contribution in [3.63, 3.8) is 0 Å². The molecule has 0 saturated heterocycles. The highest BCUT2D eigenvalue weighted by molar-refractivity contribution is 6.24. The zero-order chi connectivity index (χ0) is 88.3. The highest BCUT2D eigenvalue weighted by Gasteiger charge is 2.26. The molecule has 19 aromatic carbocycles. The molecule has 0 aliphatic rings. The second kappa shape index (κ2) is 31.9. The molecule has 0 N–H and O–H groups in total. The van der Waals surface area contributed by atoms with Gasteiger partial charge < -0.3 is 13.7 Å². The fourth-order valence-corrected chi connectivity index (χ4v) is 20.5. The van der Waals surface area contributed by atoms with E-state index < -0.39 is 0 Å². The van der Waals surface area contributed by atoms with E-state index in [1.165, 1.54) is 103 Å². The van der Waals surface area contributed by atoms with Gasteiger partial charge in [0.25, 0.3) is 0 Å². The molecule has 0 fully saturated rings. The Balaban J connectivity index is 0.000000105. The largest absolute Gasteiger partial charge is 0.317 e. The first-order chi connectivity index (χ1) is 66.5. The number of nitrogens with zero attached hydrogens (tertiary/aromatic N) is 12. The second-order valence-corrected chi connectivity index (χ2v) is 34.0. The zero-order valence-corrected chi connectivity index (χ0v) is 72.4. The minimum absolute atomic E-state index is 0.662. The van der Waals surface area contributed by atoms with Crippen molar-refractivity contribution in [3.8, 4) is 90.9 Å². The molecule has 0 bridgehead atoms. The molecule has 9 aromatic heterocycles. The lowest BCUT2D eigenvalue weighted by molar-refractivity contribution is 1.01. The maximum atomic E-state index is 5.35. The first-order valence-electron chi connectivity index (χ1n) is 45.3. The van der Waals surface area contributed by atoms with Gasteiger partial charge in [-0.05, 0) is 177 Å². The third-order valence-electron chi connectivity index (χ3n) is 26.5. The Labute approximate surface area is 769 Å². The summed E-state index contributed by atoms with van der Waals surface area (Å²) in [6.07, 6.45) is 6.49. The SMILES string of the molecule is c1ccc(-c2cccc(-c3nc(-n4c5ccccc5c5c6ccn(-c7ccccc7)c6ccc54)nc4ccccc34)c2)cc1.c1ccc(-n2ccc3c4c5ccccc5n(-c5nc(-c6ccc(-c7cccc8ccccc78)cc6)c6ccccc6n5)c4ccc32)cc1.c1ccc(-n2ccc3c4c5ccccc5n(-c5nc(-c6cccc7ccccc67)c6ccccc6n5)c4ccc32)cc1. The average molecular weight is 1710 g/mol. The van der Waals surface area contributed by atoms with Crippen molar-refractivity contribution in [3.05, 3.63) is 474 Å². The van der Waals surface area contributed by atoms with E-state index in [4.69, 9.17) is 29.9 Å². The third kappa shape index (κ3) is 12.8. The minimum Gasteiger partial charge on any atom is -0.317 e. The topological polar surface area (TPSA) is 107 Å². The summed E-state index contributed by atoms with van der Waals surface area (Å²) in [7, 11) is 0. The predicted molar refractivity (Wildman–Crippen MR) is 554 cm³/mol. The van der Waals surface area contributed by atoms with Crippen molar-refractivity contribution in [1.29, 1.82) is 0 Å². The lowest BCUT2D eigenvalue weighted by Crippen LogP contribution is -2.03. The van der Waals surface area contributed by atoms with E-state index in [-0.39, 0.29) is 0 Å². The first-order valence-corrected chi connectivity index (χ1v) is 45.3. The quantitative estimate of drug-likeness (QED) is 0.128. The first kappa shape index (κ1) is 76.9. The van der Waals surface area contributed by atoms with Gasteiger partial charge in [0.05, 0.1) is 83.3 Å². The van der Waals surface area contributed by atoms with Gasteiger partial charge in [0, 0.05) is 117 Å². The van der Waals surface area contributed by atoms with Gasteiger partial charge in [-0.3, -0.25) is 13.7 Å². The van der Waals surface area contributed by atoms with Crippen LogP contribution < -0.4 is 0 Å². The molecule has 0 aliphatic heterocycles. The molecule has 134 heavy (non-hydrogen) atoms.